The first-order chi connectivity index (χ1) is 14.8. The number of aryl methyl sites for hydroxylation is 2. The minimum atomic E-state index is -0.715. The third kappa shape index (κ3) is 3.86. The summed E-state index contributed by atoms with van der Waals surface area (Å²) in [7, 11) is 1.45. The maximum atomic E-state index is 13.2. The Balaban J connectivity index is 1.89. The molecule has 0 bridgehead atoms. The molecule has 2 saturated heterocycles. The molecular formula is C23H24ClNO5S. The van der Waals surface area contributed by atoms with Gasteiger partial charge in [-0.2, -0.15) is 0 Å². The van der Waals surface area contributed by atoms with Crippen molar-refractivity contribution in [2.45, 2.75) is 38.8 Å². The number of nitrogens with zero attached hydrogens (tertiary/aromatic N) is 1. The summed E-state index contributed by atoms with van der Waals surface area (Å²) >= 11 is 7.77. The molecular weight excluding hydrogens is 438 g/mol. The Kier molecular flexibility index (Phi) is 6.10. The van der Waals surface area contributed by atoms with E-state index in [-0.39, 0.29) is 23.2 Å². The monoisotopic (exact) mass is 461 g/mol. The molecule has 1 aromatic carbocycles. The number of ether oxygens (including phenoxy) is 2. The summed E-state index contributed by atoms with van der Waals surface area (Å²) in [5.41, 5.74) is 2.09. The lowest BCUT2D eigenvalue weighted by atomic mass is 9.97. The summed E-state index contributed by atoms with van der Waals surface area (Å²) in [5, 5.41) is 13.6. The molecule has 31 heavy (non-hydrogen) atoms. The van der Waals surface area contributed by atoms with E-state index in [1.165, 1.54) is 23.3 Å². The number of benzene rings is 1. The topological polar surface area (TPSA) is 76.1 Å². The zero-order valence-electron chi connectivity index (χ0n) is 17.6. The Labute approximate surface area is 190 Å². The average molecular weight is 462 g/mol. The van der Waals surface area contributed by atoms with Crippen molar-refractivity contribution in [3.8, 4) is 5.75 Å². The first-order valence-corrected chi connectivity index (χ1v) is 11.4. The first-order valence-electron chi connectivity index (χ1n) is 10.1. The molecule has 1 aromatic heterocycles. The molecule has 2 aliphatic heterocycles. The average Bonchev–Trinajstić information content (AvgIpc) is 3.44. The molecule has 2 unspecified atom stereocenters. The lowest BCUT2D eigenvalue weighted by Crippen LogP contribution is -2.36. The Hall–Kier alpha value is -2.35. The fourth-order valence-electron chi connectivity index (χ4n) is 4.27. The summed E-state index contributed by atoms with van der Waals surface area (Å²) in [6.07, 6.45) is 1.64. The van der Waals surface area contributed by atoms with Gasteiger partial charge < -0.3 is 19.5 Å². The second-order valence-corrected chi connectivity index (χ2v) is 9.24. The molecule has 6 nitrogen and oxygen atoms in total. The van der Waals surface area contributed by atoms with Crippen LogP contribution in [-0.2, 0) is 14.3 Å². The molecule has 1 amide bonds. The molecule has 8 heteroatoms. The Bertz CT molecular complexity index is 1070. The van der Waals surface area contributed by atoms with Gasteiger partial charge in [-0.05, 0) is 61.4 Å². The fourth-order valence-corrected chi connectivity index (χ4v) is 5.67. The number of thiophene rings is 1. The van der Waals surface area contributed by atoms with Crippen molar-refractivity contribution in [3.05, 3.63) is 55.7 Å². The number of amides is 1. The first kappa shape index (κ1) is 21.9. The van der Waals surface area contributed by atoms with Crippen LogP contribution in [0.5, 0.6) is 5.75 Å². The van der Waals surface area contributed by atoms with E-state index in [9.17, 15) is 14.7 Å². The van der Waals surface area contributed by atoms with Gasteiger partial charge in [0.15, 0.2) is 0 Å². The SMILES string of the molecule is COc1c(Cl)cc(C)cc1/C(O)=C1\C(=O)C(=O)N(CC2CCCO2)C1c1sccc1C. The molecule has 3 heterocycles. The third-order valence-corrected chi connectivity index (χ3v) is 7.11. The zero-order valence-corrected chi connectivity index (χ0v) is 19.2. The van der Waals surface area contributed by atoms with Crippen LogP contribution in [0.2, 0.25) is 5.02 Å². The number of rotatable bonds is 5. The quantitative estimate of drug-likeness (QED) is 0.399. The molecule has 1 N–H and O–H groups in total. The lowest BCUT2D eigenvalue weighted by Gasteiger charge is -2.27. The smallest absolute Gasteiger partial charge is 0.295 e. The normalized spacial score (nSPS) is 23.0. The Morgan fingerprint density at radius 3 is 2.74 bits per heavy atom. The van der Waals surface area contributed by atoms with Gasteiger partial charge in [-0.3, -0.25) is 9.59 Å². The van der Waals surface area contributed by atoms with Crippen molar-refractivity contribution in [1.29, 1.82) is 0 Å². The van der Waals surface area contributed by atoms with Crippen molar-refractivity contribution in [2.75, 3.05) is 20.3 Å². The van der Waals surface area contributed by atoms with Crippen molar-refractivity contribution < 1.29 is 24.2 Å². The minimum Gasteiger partial charge on any atom is -0.507 e. The van der Waals surface area contributed by atoms with Crippen LogP contribution in [0, 0.1) is 13.8 Å². The van der Waals surface area contributed by atoms with Gasteiger partial charge in [-0.1, -0.05) is 11.6 Å². The highest BCUT2D eigenvalue weighted by Gasteiger charge is 2.48. The van der Waals surface area contributed by atoms with E-state index in [4.69, 9.17) is 21.1 Å². The summed E-state index contributed by atoms with van der Waals surface area (Å²) in [5.74, 6) is -1.37. The van der Waals surface area contributed by atoms with Crippen molar-refractivity contribution >= 4 is 40.4 Å². The molecule has 164 valence electrons. The predicted molar refractivity (Wildman–Crippen MR) is 120 cm³/mol. The van der Waals surface area contributed by atoms with Crippen LogP contribution < -0.4 is 4.74 Å². The van der Waals surface area contributed by atoms with Gasteiger partial charge in [0.1, 0.15) is 11.5 Å². The van der Waals surface area contributed by atoms with Crippen LogP contribution in [0.3, 0.4) is 0 Å². The number of hydrogen-bond acceptors (Lipinski definition) is 6. The molecule has 0 saturated carbocycles. The second-order valence-electron chi connectivity index (χ2n) is 7.88. The summed E-state index contributed by atoms with van der Waals surface area (Å²) in [4.78, 5) is 28.6. The van der Waals surface area contributed by atoms with Crippen LogP contribution in [0.15, 0.2) is 29.2 Å². The number of carbonyl (C=O) groups excluding carboxylic acids is 2. The van der Waals surface area contributed by atoms with E-state index in [0.717, 1.165) is 28.8 Å². The standard InChI is InChI=1S/C23H24ClNO5S/c1-12-9-15(21(29-3)16(24)10-12)19(26)17-18(22-13(2)6-8-31-22)25(23(28)20(17)27)11-14-5-4-7-30-14/h6,8-10,14,18,26H,4-5,7,11H2,1-3H3/b19-17+. The summed E-state index contributed by atoms with van der Waals surface area (Å²) in [6, 6.07) is 4.67. The van der Waals surface area contributed by atoms with Gasteiger partial charge in [0.25, 0.3) is 11.7 Å². The van der Waals surface area contributed by atoms with E-state index < -0.39 is 17.7 Å². The van der Waals surface area contributed by atoms with E-state index in [1.807, 2.05) is 25.3 Å². The highest BCUT2D eigenvalue weighted by atomic mass is 35.5. The van der Waals surface area contributed by atoms with E-state index in [2.05, 4.69) is 0 Å². The van der Waals surface area contributed by atoms with Gasteiger partial charge >= 0.3 is 0 Å². The number of halogens is 1. The number of carbonyl (C=O) groups is 2. The maximum absolute atomic E-state index is 13.2. The van der Waals surface area contributed by atoms with Crippen molar-refractivity contribution in [3.63, 3.8) is 0 Å². The number of aliphatic hydroxyl groups excluding tert-OH is 1. The molecule has 2 fully saturated rings. The fraction of sp³-hybridized carbons (Fsp3) is 0.391. The molecule has 0 aliphatic carbocycles. The lowest BCUT2D eigenvalue weighted by molar-refractivity contribution is -0.140. The van der Waals surface area contributed by atoms with Crippen LogP contribution in [0.25, 0.3) is 5.76 Å². The van der Waals surface area contributed by atoms with Gasteiger partial charge in [0.2, 0.25) is 0 Å². The third-order valence-electron chi connectivity index (χ3n) is 5.76. The van der Waals surface area contributed by atoms with Crippen molar-refractivity contribution in [2.24, 2.45) is 0 Å². The van der Waals surface area contributed by atoms with Crippen LogP contribution in [0.1, 0.15) is 40.5 Å². The number of ketones is 1. The van der Waals surface area contributed by atoms with Crippen molar-refractivity contribution in [1.82, 2.24) is 4.90 Å². The number of Topliss-reactive ketones (excluding diaryl/α,β-unsaturated/α-hetero) is 1. The van der Waals surface area contributed by atoms with Gasteiger partial charge in [0, 0.05) is 18.0 Å². The molecule has 2 aliphatic rings. The number of methoxy groups -OCH3 is 1. The Morgan fingerprint density at radius 1 is 1.35 bits per heavy atom. The Morgan fingerprint density at radius 2 is 2.13 bits per heavy atom. The maximum Gasteiger partial charge on any atom is 0.295 e. The predicted octanol–water partition coefficient (Wildman–Crippen LogP) is 4.63. The molecule has 0 spiro atoms. The summed E-state index contributed by atoms with van der Waals surface area (Å²) < 4.78 is 11.1. The molecule has 0 radical (unpaired) electrons. The number of likely N-dealkylation sites (tertiary alicyclic amines) is 1. The minimum absolute atomic E-state index is 0.0495. The van der Waals surface area contributed by atoms with Crippen LogP contribution in [-0.4, -0.2) is 48.1 Å². The summed E-state index contributed by atoms with van der Waals surface area (Å²) in [6.45, 7) is 4.71. The van der Waals surface area contributed by atoms with Crippen LogP contribution >= 0.6 is 22.9 Å². The van der Waals surface area contributed by atoms with E-state index in [0.29, 0.717) is 23.7 Å². The van der Waals surface area contributed by atoms with Gasteiger partial charge in [-0.25, -0.2) is 0 Å². The largest absolute Gasteiger partial charge is 0.507 e. The second kappa shape index (κ2) is 8.65. The van der Waals surface area contributed by atoms with Gasteiger partial charge in [0.05, 0.1) is 35.4 Å². The highest BCUT2D eigenvalue weighted by Crippen LogP contribution is 2.45. The van der Waals surface area contributed by atoms with Gasteiger partial charge in [-0.15, -0.1) is 11.3 Å². The van der Waals surface area contributed by atoms with E-state index in [1.54, 1.807) is 12.1 Å². The molecule has 2 atom stereocenters. The molecule has 4 rings (SSSR count). The number of hydrogen-bond donors (Lipinski definition) is 1. The highest BCUT2D eigenvalue weighted by molar-refractivity contribution is 7.10. The van der Waals surface area contributed by atoms with E-state index >= 15 is 0 Å². The van der Waals surface area contributed by atoms with Crippen LogP contribution in [0.4, 0.5) is 0 Å². The number of aliphatic hydroxyl groups is 1. The zero-order chi connectivity index (χ0) is 22.3. The molecule has 2 aromatic rings.